The Labute approximate surface area is 125 Å². The van der Waals surface area contributed by atoms with Crippen molar-refractivity contribution in [3.63, 3.8) is 0 Å². The first-order valence-electron chi connectivity index (χ1n) is 6.25. The Morgan fingerprint density at radius 2 is 2.00 bits per heavy atom. The highest BCUT2D eigenvalue weighted by atomic mass is 79.9. The summed E-state index contributed by atoms with van der Waals surface area (Å²) in [6, 6.07) is 6.86. The molecule has 0 unspecified atom stereocenters. The Hall–Kier alpha value is -1.66. The lowest BCUT2D eigenvalue weighted by Gasteiger charge is -2.13. The van der Waals surface area contributed by atoms with Crippen molar-refractivity contribution in [2.75, 3.05) is 11.9 Å². The van der Waals surface area contributed by atoms with Crippen LogP contribution in [0.25, 0.3) is 0 Å². The summed E-state index contributed by atoms with van der Waals surface area (Å²) >= 11 is 3.29. The van der Waals surface area contributed by atoms with Crippen LogP contribution in [-0.2, 0) is 9.59 Å². The molecule has 3 N–H and O–H groups in total. The normalized spacial score (nSPS) is 20.7. The van der Waals surface area contributed by atoms with Crippen molar-refractivity contribution in [2.45, 2.75) is 12.5 Å². The molecule has 0 spiro atoms. The molecule has 0 bridgehead atoms. The van der Waals surface area contributed by atoms with Gasteiger partial charge in [-0.15, -0.1) is 0 Å². The molecule has 5 nitrogen and oxygen atoms in total. The van der Waals surface area contributed by atoms with Gasteiger partial charge < -0.3 is 15.7 Å². The first-order chi connectivity index (χ1) is 9.60. The number of anilines is 1. The summed E-state index contributed by atoms with van der Waals surface area (Å²) in [4.78, 5) is 23.6. The molecule has 0 saturated heterocycles. The third kappa shape index (κ3) is 3.68. The number of rotatable bonds is 3. The molecule has 0 aromatic heterocycles. The Bertz CT molecular complexity index is 545. The van der Waals surface area contributed by atoms with E-state index in [-0.39, 0.29) is 18.6 Å². The van der Waals surface area contributed by atoms with Crippen LogP contribution in [0.3, 0.4) is 0 Å². The maximum absolute atomic E-state index is 11.8. The molecular formula is C14H15BrN2O3. The number of benzene rings is 1. The second-order valence-electron chi connectivity index (χ2n) is 4.58. The van der Waals surface area contributed by atoms with Gasteiger partial charge in [0.1, 0.15) is 0 Å². The van der Waals surface area contributed by atoms with E-state index >= 15 is 0 Å². The fraction of sp³-hybridized carbons (Fsp3) is 0.286. The topological polar surface area (TPSA) is 78.4 Å². The van der Waals surface area contributed by atoms with Crippen LogP contribution in [-0.4, -0.2) is 29.6 Å². The molecule has 6 heteroatoms. The Morgan fingerprint density at radius 3 is 2.65 bits per heavy atom. The predicted molar refractivity (Wildman–Crippen MR) is 79.0 cm³/mol. The van der Waals surface area contributed by atoms with E-state index in [1.165, 1.54) is 0 Å². The number of amides is 2. The van der Waals surface area contributed by atoms with Crippen LogP contribution >= 0.6 is 15.9 Å². The fourth-order valence-corrected chi connectivity index (χ4v) is 2.38. The van der Waals surface area contributed by atoms with Crippen LogP contribution in [0.15, 0.2) is 40.9 Å². The third-order valence-electron chi connectivity index (χ3n) is 3.05. The van der Waals surface area contributed by atoms with Crippen molar-refractivity contribution in [1.82, 2.24) is 5.32 Å². The van der Waals surface area contributed by atoms with Gasteiger partial charge in [0.05, 0.1) is 5.69 Å². The summed E-state index contributed by atoms with van der Waals surface area (Å²) in [7, 11) is 0. The highest BCUT2D eigenvalue weighted by Crippen LogP contribution is 2.21. The van der Waals surface area contributed by atoms with Crippen molar-refractivity contribution in [3.05, 3.63) is 40.9 Å². The van der Waals surface area contributed by atoms with Crippen LogP contribution in [0.1, 0.15) is 6.42 Å². The van der Waals surface area contributed by atoms with Gasteiger partial charge in [0, 0.05) is 23.0 Å². The summed E-state index contributed by atoms with van der Waals surface area (Å²) < 4.78 is 0.710. The lowest BCUT2D eigenvalue weighted by molar-refractivity contribution is -0.136. The molecule has 106 valence electrons. The van der Waals surface area contributed by atoms with E-state index in [1.807, 2.05) is 12.1 Å². The monoisotopic (exact) mass is 338 g/mol. The zero-order chi connectivity index (χ0) is 14.5. The average molecular weight is 339 g/mol. The molecule has 0 aliphatic heterocycles. The quantitative estimate of drug-likeness (QED) is 0.576. The van der Waals surface area contributed by atoms with E-state index in [4.69, 9.17) is 5.11 Å². The maximum atomic E-state index is 11.8. The molecule has 1 aromatic carbocycles. The molecule has 0 fully saturated rings. The van der Waals surface area contributed by atoms with Gasteiger partial charge >= 0.3 is 11.8 Å². The minimum Gasteiger partial charge on any atom is -0.396 e. The molecule has 20 heavy (non-hydrogen) atoms. The molecule has 2 amide bonds. The van der Waals surface area contributed by atoms with Gasteiger partial charge in [-0.05, 0) is 34.5 Å². The van der Waals surface area contributed by atoms with Gasteiger partial charge in [-0.2, -0.15) is 0 Å². The molecule has 2 rings (SSSR count). The van der Waals surface area contributed by atoms with E-state index in [9.17, 15) is 9.59 Å². The molecule has 0 radical (unpaired) electrons. The van der Waals surface area contributed by atoms with Gasteiger partial charge in [0.15, 0.2) is 0 Å². The maximum Gasteiger partial charge on any atom is 0.313 e. The molecule has 2 atom stereocenters. The number of nitrogens with one attached hydrogen (secondary N) is 2. The number of halogens is 1. The second kappa shape index (κ2) is 6.67. The van der Waals surface area contributed by atoms with Crippen molar-refractivity contribution < 1.29 is 14.7 Å². The van der Waals surface area contributed by atoms with Gasteiger partial charge in [-0.3, -0.25) is 9.59 Å². The lowest BCUT2D eigenvalue weighted by Crippen LogP contribution is -2.40. The zero-order valence-corrected chi connectivity index (χ0v) is 12.3. The minimum absolute atomic E-state index is 0.0476. The molecular weight excluding hydrogens is 324 g/mol. The first-order valence-corrected chi connectivity index (χ1v) is 7.05. The van der Waals surface area contributed by atoms with Crippen molar-refractivity contribution in [1.29, 1.82) is 0 Å². The van der Waals surface area contributed by atoms with E-state index in [2.05, 4.69) is 26.6 Å². The lowest BCUT2D eigenvalue weighted by atomic mass is 10.1. The van der Waals surface area contributed by atoms with Gasteiger partial charge in [0.2, 0.25) is 0 Å². The SMILES string of the molecule is O=C(Nc1ccccc1Br)C(=O)N[C@@H]1C=C[C@H](CO)C1. The van der Waals surface area contributed by atoms with Crippen molar-refractivity contribution in [2.24, 2.45) is 5.92 Å². The Balaban J connectivity index is 1.89. The molecule has 0 saturated carbocycles. The zero-order valence-electron chi connectivity index (χ0n) is 10.7. The van der Waals surface area contributed by atoms with Crippen molar-refractivity contribution >= 4 is 33.4 Å². The van der Waals surface area contributed by atoms with Crippen LogP contribution in [0.4, 0.5) is 5.69 Å². The number of aliphatic hydroxyl groups excluding tert-OH is 1. The van der Waals surface area contributed by atoms with Crippen LogP contribution < -0.4 is 10.6 Å². The molecule has 1 aliphatic carbocycles. The van der Waals surface area contributed by atoms with E-state index in [0.29, 0.717) is 16.6 Å². The number of hydrogen-bond acceptors (Lipinski definition) is 3. The van der Waals surface area contributed by atoms with E-state index in [1.54, 1.807) is 24.3 Å². The Morgan fingerprint density at radius 1 is 1.25 bits per heavy atom. The number of para-hydroxylation sites is 1. The van der Waals surface area contributed by atoms with Crippen LogP contribution in [0.2, 0.25) is 0 Å². The standard InChI is InChI=1S/C14H15BrN2O3/c15-11-3-1-2-4-12(11)17-14(20)13(19)16-10-6-5-9(7-10)8-18/h1-6,9-10,18H,7-8H2,(H,16,19)(H,17,20)/t9-,10+/m0/s1. The largest absolute Gasteiger partial charge is 0.396 e. The third-order valence-corrected chi connectivity index (χ3v) is 3.74. The fourth-order valence-electron chi connectivity index (χ4n) is 1.99. The predicted octanol–water partition coefficient (Wildman–Crippen LogP) is 1.44. The second-order valence-corrected chi connectivity index (χ2v) is 5.43. The van der Waals surface area contributed by atoms with E-state index in [0.717, 1.165) is 0 Å². The summed E-state index contributed by atoms with van der Waals surface area (Å²) in [6.45, 7) is 0.0476. The average Bonchev–Trinajstić information content (AvgIpc) is 2.89. The van der Waals surface area contributed by atoms with Crippen molar-refractivity contribution in [3.8, 4) is 0 Å². The molecule has 1 aliphatic rings. The summed E-state index contributed by atoms with van der Waals surface area (Å²) in [6.07, 6.45) is 4.26. The summed E-state index contributed by atoms with van der Waals surface area (Å²) in [5.74, 6) is -1.35. The summed E-state index contributed by atoms with van der Waals surface area (Å²) in [5.41, 5.74) is 0.544. The number of carbonyl (C=O) groups excluding carboxylic acids is 2. The number of carbonyl (C=O) groups is 2. The molecule has 0 heterocycles. The first kappa shape index (κ1) is 14.7. The molecule has 1 aromatic rings. The summed E-state index contributed by atoms with van der Waals surface area (Å²) in [5, 5.41) is 14.2. The van der Waals surface area contributed by atoms with E-state index < -0.39 is 11.8 Å². The smallest absolute Gasteiger partial charge is 0.313 e. The Kier molecular flexibility index (Phi) is 4.92. The van der Waals surface area contributed by atoms with Crippen LogP contribution in [0.5, 0.6) is 0 Å². The highest BCUT2D eigenvalue weighted by Gasteiger charge is 2.23. The van der Waals surface area contributed by atoms with Crippen LogP contribution in [0, 0.1) is 5.92 Å². The minimum atomic E-state index is -0.710. The van der Waals surface area contributed by atoms with Gasteiger partial charge in [-0.25, -0.2) is 0 Å². The van der Waals surface area contributed by atoms with Gasteiger partial charge in [0.25, 0.3) is 0 Å². The number of aliphatic hydroxyl groups is 1. The van der Waals surface area contributed by atoms with Gasteiger partial charge in [-0.1, -0.05) is 24.3 Å². The number of hydrogen-bond donors (Lipinski definition) is 3. The highest BCUT2D eigenvalue weighted by molar-refractivity contribution is 9.10.